The first-order chi connectivity index (χ1) is 14.5. The summed E-state index contributed by atoms with van der Waals surface area (Å²) in [7, 11) is 0. The van der Waals surface area contributed by atoms with Crippen LogP contribution in [0, 0.1) is 13.8 Å². The van der Waals surface area contributed by atoms with Crippen LogP contribution in [0.3, 0.4) is 0 Å². The fourth-order valence-corrected chi connectivity index (χ4v) is 3.36. The van der Waals surface area contributed by atoms with Gasteiger partial charge in [0.05, 0.1) is 5.56 Å². The Morgan fingerprint density at radius 2 is 1.83 bits per heavy atom. The van der Waals surface area contributed by atoms with Crippen LogP contribution in [0.5, 0.6) is 0 Å². The van der Waals surface area contributed by atoms with E-state index in [0.717, 1.165) is 17.1 Å². The largest absolute Gasteiger partial charge is 0.454 e. The van der Waals surface area contributed by atoms with Gasteiger partial charge in [-0.15, -0.1) is 0 Å². The number of benzene rings is 1. The predicted octanol–water partition coefficient (Wildman–Crippen LogP) is 3.71. The molecule has 3 heterocycles. The Bertz CT molecular complexity index is 1180. The maximum absolute atomic E-state index is 12.7. The maximum atomic E-state index is 12.7. The van der Waals surface area contributed by atoms with Crippen LogP contribution in [0.4, 0.5) is 0 Å². The van der Waals surface area contributed by atoms with E-state index in [-0.39, 0.29) is 18.0 Å². The molecule has 0 amide bonds. The normalized spacial score (nSPS) is 10.7. The van der Waals surface area contributed by atoms with E-state index < -0.39 is 5.97 Å². The lowest BCUT2D eigenvalue weighted by Crippen LogP contribution is -2.15. The zero-order valence-corrected chi connectivity index (χ0v) is 16.6. The van der Waals surface area contributed by atoms with Gasteiger partial charge in [0.15, 0.2) is 12.4 Å². The summed E-state index contributed by atoms with van der Waals surface area (Å²) in [5, 5.41) is 4.08. The highest BCUT2D eigenvalue weighted by Gasteiger charge is 2.18. The molecule has 0 radical (unpaired) electrons. The minimum absolute atomic E-state index is 0.250. The number of aromatic nitrogens is 4. The SMILES string of the molecule is Cc1cc(C(=O)COC(=O)c2ccc(-n3cccn3)nc2)c(C)n1-c1ccccc1. The van der Waals surface area contributed by atoms with Crippen molar-refractivity contribution in [1.82, 2.24) is 19.3 Å². The predicted molar refractivity (Wildman–Crippen MR) is 111 cm³/mol. The van der Waals surface area contributed by atoms with Crippen molar-refractivity contribution in [2.24, 2.45) is 0 Å². The second-order valence-electron chi connectivity index (χ2n) is 6.81. The van der Waals surface area contributed by atoms with Gasteiger partial charge in [-0.3, -0.25) is 4.79 Å². The van der Waals surface area contributed by atoms with Crippen molar-refractivity contribution in [1.29, 1.82) is 0 Å². The Balaban J connectivity index is 1.44. The summed E-state index contributed by atoms with van der Waals surface area (Å²) >= 11 is 0. The van der Waals surface area contributed by atoms with E-state index in [1.807, 2.05) is 54.8 Å². The summed E-state index contributed by atoms with van der Waals surface area (Å²) in [5.74, 6) is -0.263. The molecule has 3 aromatic heterocycles. The fourth-order valence-electron chi connectivity index (χ4n) is 3.36. The number of carbonyl (C=O) groups excluding carboxylic acids is 2. The third-order valence-electron chi connectivity index (χ3n) is 4.80. The minimum atomic E-state index is -0.597. The van der Waals surface area contributed by atoms with Gasteiger partial charge in [0.25, 0.3) is 0 Å². The van der Waals surface area contributed by atoms with E-state index in [0.29, 0.717) is 11.4 Å². The Kier molecular flexibility index (Phi) is 5.26. The van der Waals surface area contributed by atoms with Gasteiger partial charge in [0, 0.05) is 41.2 Å². The number of ether oxygens (including phenoxy) is 1. The molecule has 0 N–H and O–H groups in total. The molecule has 7 nitrogen and oxygen atoms in total. The highest BCUT2D eigenvalue weighted by Crippen LogP contribution is 2.21. The molecule has 0 unspecified atom stereocenters. The van der Waals surface area contributed by atoms with Gasteiger partial charge in [-0.25, -0.2) is 14.5 Å². The Labute approximate surface area is 173 Å². The number of hydrogen-bond acceptors (Lipinski definition) is 5. The van der Waals surface area contributed by atoms with Crippen molar-refractivity contribution in [3.8, 4) is 11.5 Å². The molecule has 0 saturated carbocycles. The zero-order valence-electron chi connectivity index (χ0n) is 16.6. The molecule has 150 valence electrons. The first-order valence-electron chi connectivity index (χ1n) is 9.45. The molecule has 0 fully saturated rings. The molecule has 4 rings (SSSR count). The van der Waals surface area contributed by atoms with Crippen LogP contribution in [0.2, 0.25) is 0 Å². The van der Waals surface area contributed by atoms with E-state index in [9.17, 15) is 9.59 Å². The number of para-hydroxylation sites is 1. The van der Waals surface area contributed by atoms with E-state index in [4.69, 9.17) is 4.74 Å². The van der Waals surface area contributed by atoms with Gasteiger partial charge < -0.3 is 9.30 Å². The van der Waals surface area contributed by atoms with Crippen molar-refractivity contribution in [2.75, 3.05) is 6.61 Å². The molecule has 0 saturated heterocycles. The number of carbonyl (C=O) groups is 2. The van der Waals surface area contributed by atoms with Crippen LogP contribution < -0.4 is 0 Å². The third-order valence-corrected chi connectivity index (χ3v) is 4.80. The molecule has 1 aromatic carbocycles. The average Bonchev–Trinajstić information content (AvgIpc) is 3.41. The van der Waals surface area contributed by atoms with Crippen LogP contribution in [-0.2, 0) is 4.74 Å². The van der Waals surface area contributed by atoms with E-state index >= 15 is 0 Å². The molecule has 7 heteroatoms. The van der Waals surface area contributed by atoms with Gasteiger partial charge in [-0.2, -0.15) is 5.10 Å². The molecule has 0 spiro atoms. The summed E-state index contributed by atoms with van der Waals surface area (Å²) < 4.78 is 8.82. The minimum Gasteiger partial charge on any atom is -0.454 e. The van der Waals surface area contributed by atoms with E-state index in [2.05, 4.69) is 10.1 Å². The number of Topliss-reactive ketones (excluding diaryl/α,β-unsaturated/α-hetero) is 1. The highest BCUT2D eigenvalue weighted by atomic mass is 16.5. The van der Waals surface area contributed by atoms with Gasteiger partial charge in [0.1, 0.15) is 0 Å². The lowest BCUT2D eigenvalue weighted by Gasteiger charge is -2.09. The Hall–Kier alpha value is -4.00. The van der Waals surface area contributed by atoms with Crippen LogP contribution >= 0.6 is 0 Å². The molecule has 0 aliphatic carbocycles. The quantitative estimate of drug-likeness (QED) is 0.364. The monoisotopic (exact) mass is 400 g/mol. The summed E-state index contributed by atoms with van der Waals surface area (Å²) in [6.07, 6.45) is 4.81. The smallest absolute Gasteiger partial charge is 0.340 e. The lowest BCUT2D eigenvalue weighted by molar-refractivity contribution is 0.0474. The first kappa shape index (κ1) is 19.3. The molecular weight excluding hydrogens is 380 g/mol. The van der Waals surface area contributed by atoms with Crippen molar-refractivity contribution in [3.63, 3.8) is 0 Å². The van der Waals surface area contributed by atoms with Crippen LogP contribution in [0.15, 0.2) is 73.2 Å². The summed E-state index contributed by atoms with van der Waals surface area (Å²) in [5.41, 5.74) is 3.54. The molecule has 0 aliphatic heterocycles. The number of nitrogens with zero attached hydrogens (tertiary/aromatic N) is 4. The van der Waals surface area contributed by atoms with Gasteiger partial charge in [0.2, 0.25) is 5.78 Å². The van der Waals surface area contributed by atoms with Crippen molar-refractivity contribution in [3.05, 3.63) is 95.7 Å². The number of aryl methyl sites for hydroxylation is 1. The summed E-state index contributed by atoms with van der Waals surface area (Å²) in [6, 6.07) is 16.7. The number of esters is 1. The van der Waals surface area contributed by atoms with Crippen molar-refractivity contribution >= 4 is 11.8 Å². The molecular formula is C23H20N4O3. The molecule has 0 aliphatic rings. The maximum Gasteiger partial charge on any atom is 0.340 e. The third kappa shape index (κ3) is 3.77. The molecule has 0 bridgehead atoms. The zero-order chi connectivity index (χ0) is 21.1. The van der Waals surface area contributed by atoms with E-state index in [1.165, 1.54) is 6.20 Å². The van der Waals surface area contributed by atoms with E-state index in [1.54, 1.807) is 35.3 Å². The van der Waals surface area contributed by atoms with Crippen LogP contribution in [0.1, 0.15) is 32.1 Å². The second-order valence-corrected chi connectivity index (χ2v) is 6.81. The summed E-state index contributed by atoms with van der Waals surface area (Å²) in [6.45, 7) is 3.49. The number of pyridine rings is 1. The summed E-state index contributed by atoms with van der Waals surface area (Å²) in [4.78, 5) is 29.2. The van der Waals surface area contributed by atoms with Crippen molar-refractivity contribution in [2.45, 2.75) is 13.8 Å². The van der Waals surface area contributed by atoms with Gasteiger partial charge in [-0.05, 0) is 50.2 Å². The van der Waals surface area contributed by atoms with Crippen LogP contribution in [0.25, 0.3) is 11.5 Å². The number of ketones is 1. The lowest BCUT2D eigenvalue weighted by atomic mass is 10.1. The second kappa shape index (κ2) is 8.16. The average molecular weight is 400 g/mol. The number of rotatable bonds is 6. The number of hydrogen-bond donors (Lipinski definition) is 0. The molecule has 30 heavy (non-hydrogen) atoms. The highest BCUT2D eigenvalue weighted by molar-refractivity contribution is 6.00. The Morgan fingerprint density at radius 3 is 2.50 bits per heavy atom. The molecule has 0 atom stereocenters. The fraction of sp³-hybridized carbons (Fsp3) is 0.130. The van der Waals surface area contributed by atoms with Crippen molar-refractivity contribution < 1.29 is 14.3 Å². The topological polar surface area (TPSA) is 79.0 Å². The standard InChI is InChI=1S/C23H20N4O3/c1-16-13-20(17(2)27(16)19-7-4-3-5-8-19)21(28)15-30-23(29)18-9-10-22(24-14-18)26-12-6-11-25-26/h3-14H,15H2,1-2H3. The van der Waals surface area contributed by atoms with Gasteiger partial charge in [-0.1, -0.05) is 18.2 Å². The van der Waals surface area contributed by atoms with Crippen LogP contribution in [-0.4, -0.2) is 37.7 Å². The first-order valence-corrected chi connectivity index (χ1v) is 9.45. The van der Waals surface area contributed by atoms with Gasteiger partial charge >= 0.3 is 5.97 Å². The Morgan fingerprint density at radius 1 is 1.03 bits per heavy atom. The molecule has 4 aromatic rings.